The zero-order valence-corrected chi connectivity index (χ0v) is 14.7. The van der Waals surface area contributed by atoms with Crippen molar-refractivity contribution in [1.82, 2.24) is 0 Å². The highest BCUT2D eigenvalue weighted by atomic mass is 16.5. The summed E-state index contributed by atoms with van der Waals surface area (Å²) in [5.41, 5.74) is 19.8. The SMILES string of the molecule is COC(=O)[C@@H](N)[C@@H](C)O.C[C@@H](O)[C@H](N)C(=O)O.C[C@@H](O)[C@H](N)C(N)=O. The van der Waals surface area contributed by atoms with Gasteiger partial charge >= 0.3 is 11.9 Å². The molecule has 0 heterocycles. The van der Waals surface area contributed by atoms with E-state index < -0.39 is 54.3 Å². The number of carbonyl (C=O) groups excluding carboxylic acids is 2. The molecule has 12 N–H and O–H groups in total. The Hall–Kier alpha value is -1.83. The number of primary amides is 1. The molecule has 0 rings (SSSR count). The molecule has 0 saturated carbocycles. The van der Waals surface area contributed by atoms with E-state index in [1.165, 1.54) is 27.9 Å². The Morgan fingerprint density at radius 3 is 1.16 bits per heavy atom. The molecule has 12 nitrogen and oxygen atoms in total. The van der Waals surface area contributed by atoms with Gasteiger partial charge in [0.25, 0.3) is 0 Å². The van der Waals surface area contributed by atoms with Crippen LogP contribution < -0.4 is 22.9 Å². The molecule has 25 heavy (non-hydrogen) atoms. The van der Waals surface area contributed by atoms with Crippen LogP contribution in [0.3, 0.4) is 0 Å². The van der Waals surface area contributed by atoms with Gasteiger partial charge in [-0.2, -0.15) is 0 Å². The lowest BCUT2D eigenvalue weighted by molar-refractivity contribution is -0.144. The van der Waals surface area contributed by atoms with Crippen LogP contribution >= 0.6 is 0 Å². The van der Waals surface area contributed by atoms with Crippen LogP contribution in [0.1, 0.15) is 20.8 Å². The number of hydrogen-bond donors (Lipinski definition) is 8. The van der Waals surface area contributed by atoms with Gasteiger partial charge in [-0.05, 0) is 20.8 Å². The zero-order chi connectivity index (χ0) is 20.9. The number of methoxy groups -OCH3 is 1. The van der Waals surface area contributed by atoms with E-state index in [1.54, 1.807) is 0 Å². The van der Waals surface area contributed by atoms with Crippen LogP contribution in [0.2, 0.25) is 0 Å². The molecule has 0 aromatic rings. The van der Waals surface area contributed by atoms with E-state index in [9.17, 15) is 14.4 Å². The first-order chi connectivity index (χ1) is 11.2. The largest absolute Gasteiger partial charge is 0.480 e. The van der Waals surface area contributed by atoms with Crippen LogP contribution in [0.15, 0.2) is 0 Å². The number of carboxylic acids is 1. The summed E-state index contributed by atoms with van der Waals surface area (Å²) in [7, 11) is 1.23. The van der Waals surface area contributed by atoms with Gasteiger partial charge in [-0.25, -0.2) is 0 Å². The second-order valence-electron chi connectivity index (χ2n) is 5.06. The monoisotopic (exact) mass is 370 g/mol. The number of carboxylic acid groups (broad SMARTS) is 1. The number of ether oxygens (including phenoxy) is 1. The highest BCUT2D eigenvalue weighted by Crippen LogP contribution is 1.89. The molecule has 150 valence electrons. The van der Waals surface area contributed by atoms with Crippen molar-refractivity contribution in [3.63, 3.8) is 0 Å². The number of rotatable bonds is 6. The zero-order valence-electron chi connectivity index (χ0n) is 14.7. The summed E-state index contributed by atoms with van der Waals surface area (Å²) in [6, 6.07) is -3.01. The van der Waals surface area contributed by atoms with Crippen molar-refractivity contribution >= 4 is 17.8 Å². The summed E-state index contributed by atoms with van der Waals surface area (Å²) in [6.07, 6.45) is -2.68. The van der Waals surface area contributed by atoms with Crippen LogP contribution in [0.25, 0.3) is 0 Å². The number of esters is 1. The lowest BCUT2D eigenvalue weighted by atomic mass is 10.2. The summed E-state index contributed by atoms with van der Waals surface area (Å²) in [5.74, 6) is -2.45. The van der Waals surface area contributed by atoms with Crippen molar-refractivity contribution in [3.8, 4) is 0 Å². The van der Waals surface area contributed by atoms with E-state index in [0.29, 0.717) is 0 Å². The predicted octanol–water partition coefficient (Wildman–Crippen LogP) is -4.17. The van der Waals surface area contributed by atoms with Crippen LogP contribution in [-0.2, 0) is 19.1 Å². The van der Waals surface area contributed by atoms with Gasteiger partial charge in [0, 0.05) is 0 Å². The third-order valence-corrected chi connectivity index (χ3v) is 2.65. The molecule has 12 heteroatoms. The number of nitrogens with two attached hydrogens (primary N) is 4. The van der Waals surface area contributed by atoms with Gasteiger partial charge in [0.15, 0.2) is 0 Å². The quantitative estimate of drug-likeness (QED) is 0.208. The Balaban J connectivity index is -0.000000291. The second kappa shape index (κ2) is 14.5. The number of aliphatic hydroxyl groups excluding tert-OH is 3. The first-order valence-corrected chi connectivity index (χ1v) is 7.11. The third-order valence-electron chi connectivity index (χ3n) is 2.65. The second-order valence-corrected chi connectivity index (χ2v) is 5.06. The summed E-state index contributed by atoms with van der Waals surface area (Å²) in [6.45, 7) is 4.18. The van der Waals surface area contributed by atoms with E-state index in [4.69, 9.17) is 43.4 Å². The number of amides is 1. The standard InChI is InChI=1S/C5H11NO3.C4H10N2O2.C4H9NO3/c1-3(7)4(6)5(8)9-2;1-2(7)3(5)4(6)8;1-2(6)3(5)4(7)8/h3-4,7H,6H2,1-2H3;2-3,7H,5H2,1H3,(H2,6,8);2-3,6H,5H2,1H3,(H,7,8)/t3-,4+;2*2-,3+/m111/s1. The fourth-order valence-electron chi connectivity index (χ4n) is 0.777. The number of carbonyl (C=O) groups is 3. The molecule has 0 aliphatic rings. The summed E-state index contributed by atoms with van der Waals surface area (Å²) in [5, 5.41) is 33.8. The fraction of sp³-hybridized carbons (Fsp3) is 0.769. The molecule has 1 amide bonds. The molecule has 0 aliphatic carbocycles. The lowest BCUT2D eigenvalue weighted by Gasteiger charge is -2.10. The first kappa shape index (κ1) is 28.0. The molecule has 0 fully saturated rings. The molecule has 0 unspecified atom stereocenters. The Labute approximate surface area is 145 Å². The maximum absolute atomic E-state index is 10.4. The normalized spacial score (nSPS) is 17.0. The Morgan fingerprint density at radius 2 is 1.12 bits per heavy atom. The van der Waals surface area contributed by atoms with Crippen LogP contribution in [-0.4, -0.2) is 81.8 Å². The fourth-order valence-corrected chi connectivity index (χ4v) is 0.777. The van der Waals surface area contributed by atoms with Crippen LogP contribution in [0, 0.1) is 0 Å². The van der Waals surface area contributed by atoms with E-state index in [0.717, 1.165) is 0 Å². The summed E-state index contributed by atoms with van der Waals surface area (Å²) in [4.78, 5) is 30.4. The lowest BCUT2D eigenvalue weighted by Crippen LogP contribution is -2.44. The molecule has 0 bridgehead atoms. The summed E-state index contributed by atoms with van der Waals surface area (Å²) < 4.78 is 4.25. The van der Waals surface area contributed by atoms with Gasteiger partial charge < -0.3 is 48.1 Å². The molecule has 0 aromatic heterocycles. The molecule has 0 spiro atoms. The molecule has 0 aliphatic heterocycles. The average Bonchev–Trinajstić information content (AvgIpc) is 2.52. The molecule has 0 aromatic carbocycles. The van der Waals surface area contributed by atoms with Gasteiger partial charge in [0.2, 0.25) is 5.91 Å². The van der Waals surface area contributed by atoms with Crippen molar-refractivity contribution in [2.45, 2.75) is 57.2 Å². The van der Waals surface area contributed by atoms with E-state index in [2.05, 4.69) is 4.74 Å². The minimum absolute atomic E-state index is 0.593. The van der Waals surface area contributed by atoms with E-state index in [-0.39, 0.29) is 0 Å². The molecular formula is C13H30N4O8. The average molecular weight is 370 g/mol. The summed E-state index contributed by atoms with van der Waals surface area (Å²) >= 11 is 0. The van der Waals surface area contributed by atoms with Gasteiger partial charge in [-0.1, -0.05) is 0 Å². The minimum Gasteiger partial charge on any atom is -0.480 e. The van der Waals surface area contributed by atoms with Gasteiger partial charge in [0.1, 0.15) is 18.1 Å². The van der Waals surface area contributed by atoms with E-state index >= 15 is 0 Å². The topological polar surface area (TPSA) is 245 Å². The molecule has 0 radical (unpaired) electrons. The van der Waals surface area contributed by atoms with Gasteiger partial charge in [-0.3, -0.25) is 14.4 Å². The van der Waals surface area contributed by atoms with Crippen LogP contribution in [0.4, 0.5) is 0 Å². The maximum atomic E-state index is 10.4. The van der Waals surface area contributed by atoms with Gasteiger partial charge in [0.05, 0.1) is 25.4 Å². The third kappa shape index (κ3) is 15.4. The van der Waals surface area contributed by atoms with Crippen molar-refractivity contribution in [3.05, 3.63) is 0 Å². The molecular weight excluding hydrogens is 340 g/mol. The minimum atomic E-state index is -1.18. The Kier molecular flexibility index (Phi) is 16.2. The molecule has 0 saturated heterocycles. The Morgan fingerprint density at radius 1 is 0.800 bits per heavy atom. The first-order valence-electron chi connectivity index (χ1n) is 7.11. The highest BCUT2D eigenvalue weighted by molar-refractivity contribution is 5.80. The predicted molar refractivity (Wildman–Crippen MR) is 87.8 cm³/mol. The van der Waals surface area contributed by atoms with Gasteiger partial charge in [-0.15, -0.1) is 0 Å². The Bertz CT molecular complexity index is 379. The van der Waals surface area contributed by atoms with Crippen molar-refractivity contribution in [1.29, 1.82) is 0 Å². The van der Waals surface area contributed by atoms with Crippen molar-refractivity contribution < 1.29 is 39.5 Å². The highest BCUT2D eigenvalue weighted by Gasteiger charge is 2.18. The smallest absolute Gasteiger partial charge is 0.325 e. The number of aliphatic carboxylic acids is 1. The molecule has 6 atom stereocenters. The number of hydrogen-bond acceptors (Lipinski definition) is 10. The van der Waals surface area contributed by atoms with Crippen LogP contribution in [0.5, 0.6) is 0 Å². The van der Waals surface area contributed by atoms with Crippen molar-refractivity contribution in [2.75, 3.05) is 7.11 Å². The maximum Gasteiger partial charge on any atom is 0.325 e. The van der Waals surface area contributed by atoms with Crippen molar-refractivity contribution in [2.24, 2.45) is 22.9 Å². The van der Waals surface area contributed by atoms with E-state index in [1.807, 2.05) is 0 Å². The number of aliphatic hydroxyl groups is 3.